The SMILES string of the molecule is CC(C)CC(C)(O)CNc1cn[nH]c(=O)c1. The van der Waals surface area contributed by atoms with E-state index in [9.17, 15) is 9.90 Å². The van der Waals surface area contributed by atoms with Gasteiger partial charge in [0.1, 0.15) is 0 Å². The standard InChI is InChI=1S/C11H19N3O2/c1-8(2)5-11(3,16)7-12-9-4-10(15)14-13-6-9/h4,6,8,16H,5,7H2,1-3H3,(H2,12,14,15). The Morgan fingerprint density at radius 2 is 2.31 bits per heavy atom. The zero-order chi connectivity index (χ0) is 12.2. The van der Waals surface area contributed by atoms with Crippen molar-refractivity contribution in [2.45, 2.75) is 32.8 Å². The Kier molecular flexibility index (Phi) is 4.06. The van der Waals surface area contributed by atoms with Gasteiger partial charge in [-0.2, -0.15) is 5.10 Å². The van der Waals surface area contributed by atoms with Crippen molar-refractivity contribution in [1.82, 2.24) is 10.2 Å². The molecule has 3 N–H and O–H groups in total. The summed E-state index contributed by atoms with van der Waals surface area (Å²) in [6.07, 6.45) is 2.23. The van der Waals surface area contributed by atoms with Crippen LogP contribution in [0, 0.1) is 5.92 Å². The smallest absolute Gasteiger partial charge is 0.266 e. The third kappa shape index (κ3) is 4.44. The maximum Gasteiger partial charge on any atom is 0.266 e. The third-order valence-corrected chi connectivity index (χ3v) is 2.19. The quantitative estimate of drug-likeness (QED) is 0.698. The van der Waals surface area contributed by atoms with Gasteiger partial charge in [0.05, 0.1) is 17.5 Å². The van der Waals surface area contributed by atoms with Crippen molar-refractivity contribution in [3.05, 3.63) is 22.6 Å². The van der Waals surface area contributed by atoms with Gasteiger partial charge in [-0.15, -0.1) is 0 Å². The maximum absolute atomic E-state index is 11.0. The summed E-state index contributed by atoms with van der Waals surface area (Å²) in [5, 5.41) is 19.0. The summed E-state index contributed by atoms with van der Waals surface area (Å²) in [5.41, 5.74) is -0.419. The largest absolute Gasteiger partial charge is 0.388 e. The number of nitrogens with zero attached hydrogens (tertiary/aromatic N) is 1. The molecule has 0 aliphatic rings. The number of aromatic amines is 1. The van der Waals surface area contributed by atoms with Crippen LogP contribution < -0.4 is 10.9 Å². The number of rotatable bonds is 5. The van der Waals surface area contributed by atoms with Crippen molar-refractivity contribution in [2.24, 2.45) is 5.92 Å². The predicted molar refractivity (Wildman–Crippen MR) is 63.4 cm³/mol. The molecule has 1 heterocycles. The zero-order valence-electron chi connectivity index (χ0n) is 9.95. The summed E-state index contributed by atoms with van der Waals surface area (Å²) in [4.78, 5) is 11.0. The maximum atomic E-state index is 11.0. The number of anilines is 1. The summed E-state index contributed by atoms with van der Waals surface area (Å²) in [7, 11) is 0. The molecule has 5 nitrogen and oxygen atoms in total. The lowest BCUT2D eigenvalue weighted by Crippen LogP contribution is -2.35. The molecule has 0 aliphatic heterocycles. The highest BCUT2D eigenvalue weighted by Gasteiger charge is 2.21. The monoisotopic (exact) mass is 225 g/mol. The molecule has 16 heavy (non-hydrogen) atoms. The molecule has 0 saturated carbocycles. The number of H-pyrrole nitrogens is 1. The second-order valence-electron chi connectivity index (χ2n) is 4.78. The molecule has 0 bridgehead atoms. The molecule has 0 aromatic carbocycles. The highest BCUT2D eigenvalue weighted by molar-refractivity contribution is 5.38. The fraction of sp³-hybridized carbons (Fsp3) is 0.636. The van der Waals surface area contributed by atoms with E-state index >= 15 is 0 Å². The third-order valence-electron chi connectivity index (χ3n) is 2.19. The highest BCUT2D eigenvalue weighted by atomic mass is 16.3. The topological polar surface area (TPSA) is 78.0 Å². The van der Waals surface area contributed by atoms with E-state index in [1.165, 1.54) is 12.3 Å². The number of nitrogens with one attached hydrogen (secondary N) is 2. The van der Waals surface area contributed by atoms with E-state index in [4.69, 9.17) is 0 Å². The summed E-state index contributed by atoms with van der Waals surface area (Å²) in [6, 6.07) is 1.42. The highest BCUT2D eigenvalue weighted by Crippen LogP contribution is 2.16. The van der Waals surface area contributed by atoms with Crippen LogP contribution in [0.4, 0.5) is 5.69 Å². The first kappa shape index (κ1) is 12.7. The lowest BCUT2D eigenvalue weighted by atomic mass is 9.94. The molecule has 0 saturated heterocycles. The number of aliphatic hydroxyl groups is 1. The first-order valence-corrected chi connectivity index (χ1v) is 5.40. The lowest BCUT2D eigenvalue weighted by Gasteiger charge is -2.25. The van der Waals surface area contributed by atoms with Crippen molar-refractivity contribution >= 4 is 5.69 Å². The van der Waals surface area contributed by atoms with Gasteiger partial charge in [0, 0.05) is 12.6 Å². The molecule has 1 aromatic rings. The van der Waals surface area contributed by atoms with Gasteiger partial charge < -0.3 is 10.4 Å². The molecular weight excluding hydrogens is 206 g/mol. The Bertz CT molecular complexity index is 385. The molecule has 0 radical (unpaired) electrons. The van der Waals surface area contributed by atoms with Crippen LogP contribution in [0.15, 0.2) is 17.1 Å². The molecule has 5 heteroatoms. The summed E-state index contributed by atoms with van der Waals surface area (Å²) >= 11 is 0. The predicted octanol–water partition coefficient (Wildman–Crippen LogP) is 0.979. The fourth-order valence-corrected chi connectivity index (χ4v) is 1.72. The van der Waals surface area contributed by atoms with E-state index in [0.29, 0.717) is 24.6 Å². The molecule has 0 fully saturated rings. The molecule has 1 aromatic heterocycles. The van der Waals surface area contributed by atoms with Crippen LogP contribution in [0.3, 0.4) is 0 Å². The Hall–Kier alpha value is -1.36. The molecule has 90 valence electrons. The van der Waals surface area contributed by atoms with Crippen LogP contribution >= 0.6 is 0 Å². The minimum atomic E-state index is -0.781. The lowest BCUT2D eigenvalue weighted by molar-refractivity contribution is 0.0515. The van der Waals surface area contributed by atoms with Crippen LogP contribution in [0.2, 0.25) is 0 Å². The van der Waals surface area contributed by atoms with E-state index < -0.39 is 5.60 Å². The van der Waals surface area contributed by atoms with E-state index in [1.807, 2.05) is 0 Å². The van der Waals surface area contributed by atoms with Gasteiger partial charge in [-0.05, 0) is 19.3 Å². The van der Waals surface area contributed by atoms with Crippen LogP contribution in [-0.4, -0.2) is 27.4 Å². The molecule has 0 spiro atoms. The molecule has 0 aliphatic carbocycles. The minimum Gasteiger partial charge on any atom is -0.388 e. The first-order valence-electron chi connectivity index (χ1n) is 5.40. The van der Waals surface area contributed by atoms with Crippen LogP contribution in [0.1, 0.15) is 27.2 Å². The number of hydrogen-bond acceptors (Lipinski definition) is 4. The van der Waals surface area contributed by atoms with E-state index in [1.54, 1.807) is 6.92 Å². The van der Waals surface area contributed by atoms with Gasteiger partial charge in [-0.1, -0.05) is 13.8 Å². The van der Waals surface area contributed by atoms with Gasteiger partial charge in [0.2, 0.25) is 0 Å². The van der Waals surface area contributed by atoms with Gasteiger partial charge >= 0.3 is 0 Å². The molecule has 1 atom stereocenters. The van der Waals surface area contributed by atoms with Gasteiger partial charge in [0.15, 0.2) is 0 Å². The molecule has 0 amide bonds. The average Bonchev–Trinajstić information content (AvgIpc) is 2.13. The fourth-order valence-electron chi connectivity index (χ4n) is 1.72. The van der Waals surface area contributed by atoms with E-state index in [0.717, 1.165) is 0 Å². The van der Waals surface area contributed by atoms with Gasteiger partial charge in [0.25, 0.3) is 5.56 Å². The van der Waals surface area contributed by atoms with E-state index in [2.05, 4.69) is 29.4 Å². The Morgan fingerprint density at radius 1 is 1.62 bits per heavy atom. The summed E-state index contributed by atoms with van der Waals surface area (Å²) in [5.74, 6) is 0.425. The second-order valence-corrected chi connectivity index (χ2v) is 4.78. The minimum absolute atomic E-state index is 0.256. The Labute approximate surface area is 94.9 Å². The average molecular weight is 225 g/mol. The Balaban J connectivity index is 2.54. The Morgan fingerprint density at radius 3 is 2.88 bits per heavy atom. The molecular formula is C11H19N3O2. The van der Waals surface area contributed by atoms with Crippen molar-refractivity contribution in [3.63, 3.8) is 0 Å². The summed E-state index contributed by atoms with van der Waals surface area (Å²) in [6.45, 7) is 6.30. The van der Waals surface area contributed by atoms with Crippen molar-refractivity contribution in [3.8, 4) is 0 Å². The van der Waals surface area contributed by atoms with Gasteiger partial charge in [-0.25, -0.2) is 5.10 Å². The van der Waals surface area contributed by atoms with Gasteiger partial charge in [-0.3, -0.25) is 4.79 Å². The zero-order valence-corrected chi connectivity index (χ0v) is 9.95. The van der Waals surface area contributed by atoms with E-state index in [-0.39, 0.29) is 5.56 Å². The van der Waals surface area contributed by atoms with Crippen LogP contribution in [0.25, 0.3) is 0 Å². The van der Waals surface area contributed by atoms with Crippen molar-refractivity contribution < 1.29 is 5.11 Å². The van der Waals surface area contributed by atoms with Crippen molar-refractivity contribution in [2.75, 3.05) is 11.9 Å². The van der Waals surface area contributed by atoms with Crippen molar-refractivity contribution in [1.29, 1.82) is 0 Å². The number of aromatic nitrogens is 2. The second kappa shape index (κ2) is 5.12. The summed E-state index contributed by atoms with van der Waals surface area (Å²) < 4.78 is 0. The van der Waals surface area contributed by atoms with Crippen LogP contribution in [0.5, 0.6) is 0 Å². The normalized spacial score (nSPS) is 14.8. The van der Waals surface area contributed by atoms with Crippen LogP contribution in [-0.2, 0) is 0 Å². The number of hydrogen-bond donors (Lipinski definition) is 3. The first-order chi connectivity index (χ1) is 7.39. The molecule has 1 rings (SSSR count). The molecule has 1 unspecified atom stereocenters.